The molecule has 0 bridgehead atoms. The second kappa shape index (κ2) is 20.3. The Balaban J connectivity index is 0.000000335. The van der Waals surface area contributed by atoms with Gasteiger partial charge < -0.3 is 0 Å². The van der Waals surface area contributed by atoms with Gasteiger partial charge in [0.15, 0.2) is 0 Å². The maximum absolute atomic E-state index is 4.93. The Kier molecular flexibility index (Phi) is 18.9. The Hall–Kier alpha value is -0.660. The first-order valence-corrected chi connectivity index (χ1v) is 23.2. The van der Waals surface area contributed by atoms with Gasteiger partial charge in [0, 0.05) is 9.52 Å². The summed E-state index contributed by atoms with van der Waals surface area (Å²) in [4.78, 5) is 0. The standard InChI is InChI=1S/2C17H23.C2H6Si.2ClH.Zr/c2*1-12(2)8-14-10-16-7-5-6-15(9-13(3)4)17(16)11-14;1-3-2;;;/h2*5-7,10-13H,8-9H2,1-4H3;1-2H3;2*1H;/q2*-1;;;;+4/p-2. The Morgan fingerprint density at radius 2 is 0.900 bits per heavy atom. The molecule has 0 N–H and O–H groups in total. The van der Waals surface area contributed by atoms with Gasteiger partial charge in [-0.1, -0.05) is 91.7 Å². The Morgan fingerprint density at radius 1 is 0.600 bits per heavy atom. The predicted octanol–water partition coefficient (Wildman–Crippen LogP) is 12.1. The molecule has 4 heteroatoms. The van der Waals surface area contributed by atoms with Crippen molar-refractivity contribution in [1.29, 1.82) is 0 Å². The summed E-state index contributed by atoms with van der Waals surface area (Å²) in [6.07, 6.45) is 4.75. The van der Waals surface area contributed by atoms with Crippen molar-refractivity contribution in [2.45, 2.75) is 94.2 Å². The number of hydrogen-bond donors (Lipinski definition) is 0. The average Bonchev–Trinajstić information content (AvgIpc) is 3.43. The molecule has 0 aliphatic heterocycles. The maximum atomic E-state index is 4.93. The van der Waals surface area contributed by atoms with Gasteiger partial charge in [-0.3, -0.25) is 0 Å². The van der Waals surface area contributed by atoms with Crippen LogP contribution in [0.4, 0.5) is 0 Å². The van der Waals surface area contributed by atoms with Crippen molar-refractivity contribution in [2.75, 3.05) is 0 Å². The molecule has 0 aliphatic rings. The topological polar surface area (TPSA) is 0 Å². The summed E-state index contributed by atoms with van der Waals surface area (Å²) in [7, 11) is 11.0. The number of benzene rings is 2. The van der Waals surface area contributed by atoms with E-state index in [-0.39, 0.29) is 0 Å². The molecule has 0 saturated carbocycles. The zero-order valence-electron chi connectivity index (χ0n) is 26.7. The van der Waals surface area contributed by atoms with E-state index < -0.39 is 20.8 Å². The van der Waals surface area contributed by atoms with E-state index in [1.165, 1.54) is 69.5 Å². The minimum absolute atomic E-state index is 0.726. The van der Waals surface area contributed by atoms with Crippen LogP contribution in [0.5, 0.6) is 0 Å². The van der Waals surface area contributed by atoms with Crippen LogP contribution < -0.4 is 0 Å². The van der Waals surface area contributed by atoms with Crippen LogP contribution in [0.2, 0.25) is 13.1 Å². The zero-order valence-corrected chi connectivity index (χ0v) is 31.6. The van der Waals surface area contributed by atoms with Gasteiger partial charge in [0.2, 0.25) is 0 Å². The van der Waals surface area contributed by atoms with Crippen LogP contribution in [0.3, 0.4) is 0 Å². The van der Waals surface area contributed by atoms with Gasteiger partial charge in [-0.05, 0) is 49.4 Å². The molecule has 218 valence electrons. The molecule has 0 amide bonds. The van der Waals surface area contributed by atoms with Crippen molar-refractivity contribution >= 4 is 48.1 Å². The SMILES string of the molecule is CC(C)Cc1cc2c(CC(C)C)cccc2[cH-]1.CC(C)Cc1cc2c(CC(C)C)cccc2[cH-]1.C[Si]C.[Cl][Zr+2][Cl]. The van der Waals surface area contributed by atoms with E-state index >= 15 is 0 Å². The second-order valence-corrected chi connectivity index (χ2v) is 17.3. The zero-order chi connectivity index (χ0) is 30.2. The van der Waals surface area contributed by atoms with Crippen molar-refractivity contribution in [2.24, 2.45) is 23.7 Å². The fourth-order valence-corrected chi connectivity index (χ4v) is 5.14. The predicted molar refractivity (Wildman–Crippen MR) is 182 cm³/mol. The van der Waals surface area contributed by atoms with Crippen molar-refractivity contribution < 1.29 is 20.8 Å². The summed E-state index contributed by atoms with van der Waals surface area (Å²) in [6, 6.07) is 22.9. The van der Waals surface area contributed by atoms with Gasteiger partial charge in [0.1, 0.15) is 0 Å². The number of fused-ring (bicyclic) bond motifs is 2. The fourth-order valence-electron chi connectivity index (χ4n) is 5.14. The molecule has 40 heavy (non-hydrogen) atoms. The number of rotatable bonds is 8. The van der Waals surface area contributed by atoms with Crippen LogP contribution >= 0.6 is 17.0 Å². The average molecular weight is 675 g/mol. The van der Waals surface area contributed by atoms with Crippen LogP contribution in [0.1, 0.15) is 77.6 Å². The van der Waals surface area contributed by atoms with Gasteiger partial charge in [-0.15, -0.1) is 69.1 Å². The third-order valence-electron chi connectivity index (χ3n) is 6.35. The summed E-state index contributed by atoms with van der Waals surface area (Å²) in [5.74, 6) is 2.92. The van der Waals surface area contributed by atoms with Gasteiger partial charge in [0.25, 0.3) is 0 Å². The van der Waals surface area contributed by atoms with E-state index in [1.54, 1.807) is 0 Å². The van der Waals surface area contributed by atoms with E-state index in [0.717, 1.165) is 33.2 Å². The second-order valence-electron chi connectivity index (χ2n) is 12.5. The normalized spacial score (nSPS) is 10.8. The van der Waals surface area contributed by atoms with Crippen LogP contribution in [0, 0.1) is 23.7 Å². The first kappa shape index (κ1) is 37.4. The van der Waals surface area contributed by atoms with Gasteiger partial charge in [0.05, 0.1) is 0 Å². The summed E-state index contributed by atoms with van der Waals surface area (Å²) in [6.45, 7) is 22.6. The summed E-state index contributed by atoms with van der Waals surface area (Å²) < 4.78 is 0. The van der Waals surface area contributed by atoms with Crippen LogP contribution in [0.25, 0.3) is 21.5 Å². The van der Waals surface area contributed by atoms with Crippen molar-refractivity contribution in [3.63, 3.8) is 0 Å². The van der Waals surface area contributed by atoms with Crippen LogP contribution in [0.15, 0.2) is 60.7 Å². The van der Waals surface area contributed by atoms with Crippen molar-refractivity contribution in [1.82, 2.24) is 0 Å². The van der Waals surface area contributed by atoms with Gasteiger partial charge >= 0.3 is 37.9 Å². The first-order chi connectivity index (χ1) is 18.9. The van der Waals surface area contributed by atoms with Crippen molar-refractivity contribution in [3.05, 3.63) is 82.9 Å². The van der Waals surface area contributed by atoms with E-state index in [2.05, 4.69) is 129 Å². The molecule has 0 unspecified atom stereocenters. The van der Waals surface area contributed by atoms with Gasteiger partial charge in [-0.2, -0.15) is 12.1 Å². The molecule has 0 aliphatic carbocycles. The molecule has 4 rings (SSSR count). The fraction of sp³-hybridized carbons (Fsp3) is 0.500. The summed E-state index contributed by atoms with van der Waals surface area (Å²) in [5, 5.41) is 5.77. The molecule has 4 aromatic rings. The third kappa shape index (κ3) is 14.0. The molecular weight excluding hydrogens is 623 g/mol. The molecule has 0 spiro atoms. The number of hydrogen-bond acceptors (Lipinski definition) is 0. The Labute approximate surface area is 267 Å². The first-order valence-electron chi connectivity index (χ1n) is 14.8. The third-order valence-corrected chi connectivity index (χ3v) is 6.35. The van der Waals surface area contributed by atoms with Crippen LogP contribution in [-0.4, -0.2) is 9.52 Å². The van der Waals surface area contributed by atoms with E-state index in [9.17, 15) is 0 Å². The van der Waals surface area contributed by atoms with E-state index in [4.69, 9.17) is 17.0 Å². The van der Waals surface area contributed by atoms with Gasteiger partial charge in [-0.25, -0.2) is 0 Å². The molecule has 0 saturated heterocycles. The Morgan fingerprint density at radius 3 is 1.18 bits per heavy atom. The molecule has 4 aromatic carbocycles. The molecule has 0 atom stereocenters. The molecule has 0 fully saturated rings. The van der Waals surface area contributed by atoms with Crippen LogP contribution in [-0.2, 0) is 46.5 Å². The monoisotopic (exact) mass is 672 g/mol. The molecule has 0 aromatic heterocycles. The number of halogens is 2. The van der Waals surface area contributed by atoms with E-state index in [1.807, 2.05) is 0 Å². The summed E-state index contributed by atoms with van der Waals surface area (Å²) >= 11 is -0.826. The summed E-state index contributed by atoms with van der Waals surface area (Å²) in [5.41, 5.74) is 6.00. The molecule has 2 radical (unpaired) electrons. The molecule has 0 heterocycles. The van der Waals surface area contributed by atoms with Crippen molar-refractivity contribution in [3.8, 4) is 0 Å². The molecule has 0 nitrogen and oxygen atoms in total. The van der Waals surface area contributed by atoms with E-state index in [0.29, 0.717) is 0 Å². The minimum atomic E-state index is -0.826. The quantitative estimate of drug-likeness (QED) is 0.129. The Bertz CT molecular complexity index is 1120. The molecular formula is C36H52Cl2SiZr.